The van der Waals surface area contributed by atoms with Crippen LogP contribution in [0.4, 0.5) is 0 Å². The highest BCUT2D eigenvalue weighted by Crippen LogP contribution is 2.21. The molecule has 1 heterocycles. The number of carboxylic acid groups (broad SMARTS) is 1. The molecule has 15 heavy (non-hydrogen) atoms. The number of rotatable bonds is 5. The van der Waals surface area contributed by atoms with Crippen LogP contribution in [0.25, 0.3) is 0 Å². The summed E-state index contributed by atoms with van der Waals surface area (Å²) >= 11 is 0. The Morgan fingerprint density at radius 1 is 1.67 bits per heavy atom. The van der Waals surface area contributed by atoms with Gasteiger partial charge in [0.25, 0.3) is 0 Å². The second-order valence-electron chi connectivity index (χ2n) is 3.71. The SMILES string of the molecule is CCn1cc(C(CC(=O)O)N(C)C)cn1. The van der Waals surface area contributed by atoms with Crippen molar-refractivity contribution in [2.75, 3.05) is 14.1 Å². The van der Waals surface area contributed by atoms with Crippen LogP contribution in [0.15, 0.2) is 12.4 Å². The highest BCUT2D eigenvalue weighted by molar-refractivity contribution is 5.67. The quantitative estimate of drug-likeness (QED) is 0.788. The minimum Gasteiger partial charge on any atom is -0.481 e. The van der Waals surface area contributed by atoms with Crippen molar-refractivity contribution in [3.63, 3.8) is 0 Å². The van der Waals surface area contributed by atoms with Crippen molar-refractivity contribution in [2.45, 2.75) is 25.9 Å². The standard InChI is InChI=1S/C10H17N3O2/c1-4-13-7-8(6-11-13)9(12(2)3)5-10(14)15/h6-7,9H,4-5H2,1-3H3,(H,14,15). The molecule has 1 rings (SSSR count). The van der Waals surface area contributed by atoms with Crippen molar-refractivity contribution in [3.05, 3.63) is 18.0 Å². The molecule has 0 saturated carbocycles. The van der Waals surface area contributed by atoms with Gasteiger partial charge in [0.05, 0.1) is 12.6 Å². The molecule has 0 radical (unpaired) electrons. The van der Waals surface area contributed by atoms with E-state index >= 15 is 0 Å². The highest BCUT2D eigenvalue weighted by Gasteiger charge is 2.19. The number of hydrogen-bond acceptors (Lipinski definition) is 3. The van der Waals surface area contributed by atoms with Gasteiger partial charge in [0.2, 0.25) is 0 Å². The van der Waals surface area contributed by atoms with E-state index in [0.717, 1.165) is 12.1 Å². The zero-order chi connectivity index (χ0) is 11.4. The van der Waals surface area contributed by atoms with Gasteiger partial charge in [0, 0.05) is 24.3 Å². The number of aliphatic carboxylic acids is 1. The Labute approximate surface area is 89.3 Å². The van der Waals surface area contributed by atoms with Gasteiger partial charge in [-0.3, -0.25) is 9.48 Å². The molecule has 0 aliphatic carbocycles. The van der Waals surface area contributed by atoms with Crippen molar-refractivity contribution in [3.8, 4) is 0 Å². The van der Waals surface area contributed by atoms with Crippen molar-refractivity contribution in [2.24, 2.45) is 0 Å². The summed E-state index contributed by atoms with van der Waals surface area (Å²) in [5.74, 6) is -0.794. The average Bonchev–Trinajstić information content (AvgIpc) is 2.61. The Kier molecular flexibility index (Phi) is 3.85. The maximum Gasteiger partial charge on any atom is 0.305 e. The Morgan fingerprint density at radius 2 is 2.33 bits per heavy atom. The van der Waals surface area contributed by atoms with Crippen LogP contribution in [0.3, 0.4) is 0 Å². The Morgan fingerprint density at radius 3 is 2.73 bits per heavy atom. The molecule has 0 spiro atoms. The molecule has 0 aliphatic heterocycles. The van der Waals surface area contributed by atoms with E-state index in [-0.39, 0.29) is 12.5 Å². The second kappa shape index (κ2) is 4.93. The number of carbonyl (C=O) groups is 1. The predicted molar refractivity (Wildman–Crippen MR) is 56.6 cm³/mol. The lowest BCUT2D eigenvalue weighted by atomic mass is 10.1. The number of nitrogens with zero attached hydrogens (tertiary/aromatic N) is 3. The lowest BCUT2D eigenvalue weighted by Gasteiger charge is -2.21. The fourth-order valence-corrected chi connectivity index (χ4v) is 1.49. The van der Waals surface area contributed by atoms with E-state index < -0.39 is 5.97 Å². The molecule has 0 fully saturated rings. The Hall–Kier alpha value is -1.36. The molecule has 0 bridgehead atoms. The molecule has 84 valence electrons. The molecule has 1 N–H and O–H groups in total. The summed E-state index contributed by atoms with van der Waals surface area (Å²) in [5.41, 5.74) is 0.948. The van der Waals surface area contributed by atoms with Gasteiger partial charge in [-0.2, -0.15) is 5.10 Å². The van der Waals surface area contributed by atoms with Crippen molar-refractivity contribution in [1.29, 1.82) is 0 Å². The molecular formula is C10H17N3O2. The van der Waals surface area contributed by atoms with E-state index in [1.807, 2.05) is 32.1 Å². The van der Waals surface area contributed by atoms with E-state index in [1.54, 1.807) is 10.9 Å². The minimum atomic E-state index is -0.794. The van der Waals surface area contributed by atoms with E-state index in [9.17, 15) is 4.79 Å². The van der Waals surface area contributed by atoms with Gasteiger partial charge in [-0.15, -0.1) is 0 Å². The normalized spacial score (nSPS) is 13.1. The van der Waals surface area contributed by atoms with Crippen molar-refractivity contribution in [1.82, 2.24) is 14.7 Å². The van der Waals surface area contributed by atoms with Crippen LogP contribution in [-0.2, 0) is 11.3 Å². The molecule has 0 aromatic carbocycles. The maximum atomic E-state index is 10.7. The molecule has 0 amide bonds. The molecule has 5 nitrogen and oxygen atoms in total. The number of aromatic nitrogens is 2. The van der Waals surface area contributed by atoms with Gasteiger partial charge in [-0.05, 0) is 21.0 Å². The summed E-state index contributed by atoms with van der Waals surface area (Å²) in [4.78, 5) is 12.6. The van der Waals surface area contributed by atoms with E-state index in [1.165, 1.54) is 0 Å². The van der Waals surface area contributed by atoms with E-state index in [2.05, 4.69) is 5.10 Å². The molecular weight excluding hydrogens is 194 g/mol. The third-order valence-corrected chi connectivity index (χ3v) is 2.35. The first kappa shape index (κ1) is 11.7. The Balaban J connectivity index is 2.83. The van der Waals surface area contributed by atoms with Crippen LogP contribution < -0.4 is 0 Å². The van der Waals surface area contributed by atoms with Crippen LogP contribution in [0.1, 0.15) is 24.9 Å². The van der Waals surface area contributed by atoms with Crippen LogP contribution in [-0.4, -0.2) is 39.9 Å². The molecule has 1 aromatic rings. The number of carboxylic acids is 1. The summed E-state index contributed by atoms with van der Waals surface area (Å²) in [5, 5.41) is 12.9. The lowest BCUT2D eigenvalue weighted by molar-refractivity contribution is -0.138. The maximum absolute atomic E-state index is 10.7. The van der Waals surface area contributed by atoms with Gasteiger partial charge < -0.3 is 10.0 Å². The van der Waals surface area contributed by atoms with Gasteiger partial charge in [0.1, 0.15) is 0 Å². The first-order chi connectivity index (χ1) is 7.04. The van der Waals surface area contributed by atoms with Crippen molar-refractivity contribution >= 4 is 5.97 Å². The average molecular weight is 211 g/mol. The molecule has 0 saturated heterocycles. The van der Waals surface area contributed by atoms with Gasteiger partial charge in [-0.25, -0.2) is 0 Å². The minimum absolute atomic E-state index is 0.0996. The lowest BCUT2D eigenvalue weighted by Crippen LogP contribution is -2.22. The monoisotopic (exact) mass is 211 g/mol. The smallest absolute Gasteiger partial charge is 0.305 e. The topological polar surface area (TPSA) is 58.4 Å². The summed E-state index contributed by atoms with van der Waals surface area (Å²) in [6, 6.07) is -0.109. The van der Waals surface area contributed by atoms with Gasteiger partial charge in [-0.1, -0.05) is 0 Å². The zero-order valence-electron chi connectivity index (χ0n) is 9.34. The third kappa shape index (κ3) is 3.06. The van der Waals surface area contributed by atoms with E-state index in [4.69, 9.17) is 5.11 Å². The van der Waals surface area contributed by atoms with Crippen LogP contribution in [0.5, 0.6) is 0 Å². The molecule has 1 atom stereocenters. The van der Waals surface area contributed by atoms with Crippen LogP contribution in [0.2, 0.25) is 0 Å². The first-order valence-electron chi connectivity index (χ1n) is 4.95. The van der Waals surface area contributed by atoms with Crippen molar-refractivity contribution < 1.29 is 9.90 Å². The summed E-state index contributed by atoms with van der Waals surface area (Å²) < 4.78 is 1.80. The zero-order valence-corrected chi connectivity index (χ0v) is 9.34. The first-order valence-corrected chi connectivity index (χ1v) is 4.95. The molecule has 1 aromatic heterocycles. The third-order valence-electron chi connectivity index (χ3n) is 2.35. The molecule has 0 aliphatic rings. The van der Waals surface area contributed by atoms with Crippen LogP contribution >= 0.6 is 0 Å². The van der Waals surface area contributed by atoms with Gasteiger partial charge >= 0.3 is 5.97 Å². The molecule has 5 heteroatoms. The predicted octanol–water partition coefficient (Wildman–Crippen LogP) is 0.980. The summed E-state index contributed by atoms with van der Waals surface area (Å²) in [6.45, 7) is 2.80. The summed E-state index contributed by atoms with van der Waals surface area (Å²) in [6.07, 6.45) is 3.73. The fourth-order valence-electron chi connectivity index (χ4n) is 1.49. The number of aryl methyl sites for hydroxylation is 1. The fraction of sp³-hybridized carbons (Fsp3) is 0.600. The summed E-state index contributed by atoms with van der Waals surface area (Å²) in [7, 11) is 3.74. The molecule has 1 unspecified atom stereocenters. The largest absolute Gasteiger partial charge is 0.481 e. The van der Waals surface area contributed by atoms with E-state index in [0.29, 0.717) is 0 Å². The van der Waals surface area contributed by atoms with Gasteiger partial charge in [0.15, 0.2) is 0 Å². The van der Waals surface area contributed by atoms with Crippen LogP contribution in [0, 0.1) is 0 Å². The second-order valence-corrected chi connectivity index (χ2v) is 3.71. The number of hydrogen-bond donors (Lipinski definition) is 1. The Bertz CT molecular complexity index is 333. The highest BCUT2D eigenvalue weighted by atomic mass is 16.4.